The van der Waals surface area contributed by atoms with Crippen molar-refractivity contribution >= 4 is 5.78 Å². The molecule has 0 amide bonds. The van der Waals surface area contributed by atoms with Gasteiger partial charge in [-0.2, -0.15) is 0 Å². The Kier molecular flexibility index (Phi) is 1.24. The van der Waals surface area contributed by atoms with Crippen molar-refractivity contribution in [2.75, 3.05) is 6.61 Å². The number of carbonyl (C=O) groups is 1. The van der Waals surface area contributed by atoms with Gasteiger partial charge < -0.3 is 4.74 Å². The Morgan fingerprint density at radius 3 is 2.92 bits per heavy atom. The van der Waals surface area contributed by atoms with E-state index < -0.39 is 0 Å². The maximum atomic E-state index is 11.9. The fourth-order valence-electron chi connectivity index (χ4n) is 3.37. The third-order valence-corrected chi connectivity index (χ3v) is 3.93. The van der Waals surface area contributed by atoms with Gasteiger partial charge in [0, 0.05) is 12.5 Å². The largest absolute Gasteiger partial charge is 0.367 e. The minimum absolute atomic E-state index is 0.275. The number of carbonyl (C=O) groups excluding carboxylic acids is 1. The van der Waals surface area contributed by atoms with Gasteiger partial charge in [0.15, 0.2) is 5.78 Å². The summed E-state index contributed by atoms with van der Waals surface area (Å²) in [6, 6.07) is 0. The Bertz CT molecular complexity index is 228. The quantitative estimate of drug-likeness (QED) is 0.545. The first-order chi connectivity index (χ1) is 5.83. The highest BCUT2D eigenvalue weighted by atomic mass is 16.5. The molecule has 0 aromatic heterocycles. The van der Waals surface area contributed by atoms with Gasteiger partial charge in [-0.3, -0.25) is 4.79 Å². The second kappa shape index (κ2) is 2.11. The highest BCUT2D eigenvalue weighted by molar-refractivity contribution is 5.93. The average Bonchev–Trinajstić information content (AvgIpc) is 2.75. The summed E-state index contributed by atoms with van der Waals surface area (Å²) < 4.78 is 5.70. The van der Waals surface area contributed by atoms with Crippen molar-refractivity contribution < 1.29 is 9.53 Å². The van der Waals surface area contributed by atoms with Crippen LogP contribution >= 0.6 is 0 Å². The van der Waals surface area contributed by atoms with E-state index in [1.165, 1.54) is 6.42 Å². The molecular weight excluding hydrogens is 152 g/mol. The predicted octanol–water partition coefficient (Wildman–Crippen LogP) is 1.53. The zero-order valence-corrected chi connectivity index (χ0v) is 7.21. The summed E-state index contributed by atoms with van der Waals surface area (Å²) in [5.41, 5.74) is -0.275. The lowest BCUT2D eigenvalue weighted by Crippen LogP contribution is -2.43. The van der Waals surface area contributed by atoms with E-state index in [1.807, 2.05) is 0 Å². The normalized spacial score (nSPS) is 51.2. The van der Waals surface area contributed by atoms with Crippen LogP contribution in [0.2, 0.25) is 0 Å². The fourth-order valence-corrected chi connectivity index (χ4v) is 3.37. The van der Waals surface area contributed by atoms with Gasteiger partial charge in [0.25, 0.3) is 0 Å². The molecule has 2 nitrogen and oxygen atoms in total. The van der Waals surface area contributed by atoms with Gasteiger partial charge in [-0.25, -0.2) is 0 Å². The summed E-state index contributed by atoms with van der Waals surface area (Å²) in [5, 5.41) is 0. The van der Waals surface area contributed by atoms with E-state index in [9.17, 15) is 4.79 Å². The smallest absolute Gasteiger partial charge is 0.167 e. The highest BCUT2D eigenvalue weighted by Gasteiger charge is 2.59. The Balaban J connectivity index is 1.99. The van der Waals surface area contributed by atoms with Gasteiger partial charge in [-0.15, -0.1) is 0 Å². The third-order valence-electron chi connectivity index (χ3n) is 3.93. The van der Waals surface area contributed by atoms with Crippen LogP contribution in [0, 0.1) is 11.8 Å². The van der Waals surface area contributed by atoms with E-state index in [0.29, 0.717) is 17.6 Å². The lowest BCUT2D eigenvalue weighted by molar-refractivity contribution is -0.144. The van der Waals surface area contributed by atoms with Crippen LogP contribution in [0.25, 0.3) is 0 Å². The lowest BCUT2D eigenvalue weighted by atomic mass is 9.81. The van der Waals surface area contributed by atoms with Crippen LogP contribution in [0.15, 0.2) is 0 Å². The van der Waals surface area contributed by atoms with Gasteiger partial charge >= 0.3 is 0 Å². The SMILES string of the molecule is O=C1C2CCC(C2)C12CCCO2. The van der Waals surface area contributed by atoms with Crippen molar-refractivity contribution in [3.63, 3.8) is 0 Å². The van der Waals surface area contributed by atoms with Gasteiger partial charge in [0.2, 0.25) is 0 Å². The van der Waals surface area contributed by atoms with Crippen LogP contribution < -0.4 is 0 Å². The Morgan fingerprint density at radius 2 is 2.33 bits per heavy atom. The van der Waals surface area contributed by atoms with Crippen molar-refractivity contribution in [3.05, 3.63) is 0 Å². The number of hydrogen-bond donors (Lipinski definition) is 0. The number of ketones is 1. The summed E-state index contributed by atoms with van der Waals surface area (Å²) in [6.07, 6.45) is 5.59. The zero-order valence-electron chi connectivity index (χ0n) is 7.21. The van der Waals surface area contributed by atoms with Crippen LogP contribution in [0.1, 0.15) is 32.1 Å². The summed E-state index contributed by atoms with van der Waals surface area (Å²) in [7, 11) is 0. The monoisotopic (exact) mass is 166 g/mol. The predicted molar refractivity (Wildman–Crippen MR) is 43.8 cm³/mol. The first-order valence-electron chi connectivity index (χ1n) is 5.01. The lowest BCUT2D eigenvalue weighted by Gasteiger charge is -2.30. The van der Waals surface area contributed by atoms with Crippen molar-refractivity contribution in [1.82, 2.24) is 0 Å². The average molecular weight is 166 g/mol. The molecule has 12 heavy (non-hydrogen) atoms. The van der Waals surface area contributed by atoms with Crippen molar-refractivity contribution in [3.8, 4) is 0 Å². The van der Waals surface area contributed by atoms with Gasteiger partial charge in [-0.05, 0) is 38.0 Å². The molecule has 0 N–H and O–H groups in total. The van der Waals surface area contributed by atoms with Crippen LogP contribution in [0.3, 0.4) is 0 Å². The number of Topliss-reactive ketones (excluding diaryl/α,β-unsaturated/α-hetero) is 1. The van der Waals surface area contributed by atoms with E-state index in [1.54, 1.807) is 0 Å². The second-order valence-corrected chi connectivity index (χ2v) is 4.41. The van der Waals surface area contributed by atoms with E-state index in [4.69, 9.17) is 4.74 Å². The molecule has 2 aliphatic carbocycles. The summed E-state index contributed by atoms with van der Waals surface area (Å²) in [4.78, 5) is 11.9. The van der Waals surface area contributed by atoms with E-state index in [2.05, 4.69) is 0 Å². The molecule has 1 saturated heterocycles. The molecule has 0 radical (unpaired) electrons. The summed E-state index contributed by atoms with van der Waals surface area (Å²) in [6.45, 7) is 0.814. The standard InChI is InChI=1S/C10H14O2/c11-9-7-2-3-8(6-7)10(9)4-1-5-12-10/h7-8H,1-6H2. The van der Waals surface area contributed by atoms with E-state index in [-0.39, 0.29) is 5.60 Å². The fraction of sp³-hybridized carbons (Fsp3) is 0.900. The van der Waals surface area contributed by atoms with E-state index in [0.717, 1.165) is 32.3 Å². The maximum Gasteiger partial charge on any atom is 0.167 e. The van der Waals surface area contributed by atoms with Crippen LogP contribution in [-0.2, 0) is 9.53 Å². The van der Waals surface area contributed by atoms with Crippen molar-refractivity contribution in [1.29, 1.82) is 0 Å². The van der Waals surface area contributed by atoms with Gasteiger partial charge in [-0.1, -0.05) is 0 Å². The minimum atomic E-state index is -0.275. The third kappa shape index (κ3) is 0.634. The Morgan fingerprint density at radius 1 is 1.42 bits per heavy atom. The van der Waals surface area contributed by atoms with E-state index >= 15 is 0 Å². The van der Waals surface area contributed by atoms with Crippen LogP contribution in [-0.4, -0.2) is 18.0 Å². The first kappa shape index (κ1) is 7.07. The molecule has 1 heterocycles. The molecule has 2 bridgehead atoms. The summed E-state index contributed by atoms with van der Waals surface area (Å²) in [5.74, 6) is 1.39. The Hall–Kier alpha value is -0.370. The number of fused-ring (bicyclic) bond motifs is 3. The second-order valence-electron chi connectivity index (χ2n) is 4.41. The molecule has 1 spiro atoms. The number of ether oxygens (including phenoxy) is 1. The molecule has 0 aromatic carbocycles. The van der Waals surface area contributed by atoms with Gasteiger partial charge in [0.05, 0.1) is 0 Å². The molecule has 2 heteroatoms. The zero-order chi connectivity index (χ0) is 8.18. The molecule has 3 unspecified atom stereocenters. The highest BCUT2D eigenvalue weighted by Crippen LogP contribution is 2.53. The van der Waals surface area contributed by atoms with Crippen LogP contribution in [0.5, 0.6) is 0 Å². The molecule has 3 rings (SSSR count). The molecule has 0 aromatic rings. The van der Waals surface area contributed by atoms with Gasteiger partial charge in [0.1, 0.15) is 5.60 Å². The topological polar surface area (TPSA) is 26.3 Å². The number of rotatable bonds is 0. The molecule has 66 valence electrons. The molecule has 3 atom stereocenters. The van der Waals surface area contributed by atoms with Crippen molar-refractivity contribution in [2.45, 2.75) is 37.7 Å². The molecular formula is C10H14O2. The molecule has 2 saturated carbocycles. The minimum Gasteiger partial charge on any atom is -0.367 e. The molecule has 3 aliphatic rings. The molecule has 3 fully saturated rings. The number of hydrogen-bond acceptors (Lipinski definition) is 2. The molecule has 1 aliphatic heterocycles. The van der Waals surface area contributed by atoms with Crippen LogP contribution in [0.4, 0.5) is 0 Å². The Labute approximate surface area is 72.3 Å². The maximum absolute atomic E-state index is 11.9. The first-order valence-corrected chi connectivity index (χ1v) is 5.01. The summed E-state index contributed by atoms with van der Waals surface area (Å²) >= 11 is 0. The van der Waals surface area contributed by atoms with Crippen molar-refractivity contribution in [2.24, 2.45) is 11.8 Å².